The van der Waals surface area contributed by atoms with Gasteiger partial charge in [-0.1, -0.05) is 106 Å². The fourth-order valence-electron chi connectivity index (χ4n) is 4.17. The van der Waals surface area contributed by atoms with Crippen LogP contribution in [-0.4, -0.2) is 11.1 Å². The van der Waals surface area contributed by atoms with Gasteiger partial charge in [-0.05, 0) is 42.2 Å². The van der Waals surface area contributed by atoms with E-state index in [9.17, 15) is 9.90 Å². The van der Waals surface area contributed by atoms with Crippen LogP contribution in [0.1, 0.15) is 81.8 Å². The summed E-state index contributed by atoms with van der Waals surface area (Å²) in [6.45, 7) is 2.25. The molecule has 28 heavy (non-hydrogen) atoms. The maximum absolute atomic E-state index is 11.3. The Morgan fingerprint density at radius 3 is 2.07 bits per heavy atom. The van der Waals surface area contributed by atoms with Crippen LogP contribution in [0.5, 0.6) is 0 Å². The lowest BCUT2D eigenvalue weighted by atomic mass is 9.77. The van der Waals surface area contributed by atoms with Crippen LogP contribution in [-0.2, 0) is 11.2 Å². The molecule has 0 radical (unpaired) electrons. The monoisotopic (exact) mass is 380 g/mol. The van der Waals surface area contributed by atoms with Crippen molar-refractivity contribution in [1.82, 2.24) is 0 Å². The first kappa shape index (κ1) is 22.2. The fourth-order valence-corrected chi connectivity index (χ4v) is 4.17. The van der Waals surface area contributed by atoms with E-state index in [2.05, 4.69) is 67.6 Å². The second kappa shape index (κ2) is 13.1. The molecule has 2 atom stereocenters. The zero-order valence-corrected chi connectivity index (χ0v) is 17.4. The summed E-state index contributed by atoms with van der Waals surface area (Å²) in [5, 5.41) is 9.27. The molecule has 0 bridgehead atoms. The fraction of sp³-hybridized carbons (Fsp3) is 0.500. The number of benzene rings is 2. The number of carboxylic acids is 1. The lowest BCUT2D eigenvalue weighted by molar-refractivity contribution is -0.137. The van der Waals surface area contributed by atoms with Gasteiger partial charge in [0.05, 0.1) is 0 Å². The van der Waals surface area contributed by atoms with Gasteiger partial charge in [0.2, 0.25) is 0 Å². The van der Waals surface area contributed by atoms with E-state index in [1.165, 1.54) is 49.7 Å². The molecule has 0 aliphatic carbocycles. The van der Waals surface area contributed by atoms with Crippen molar-refractivity contribution in [2.75, 3.05) is 0 Å². The molecule has 0 spiro atoms. The number of carboxylic acid groups (broad SMARTS) is 1. The van der Waals surface area contributed by atoms with E-state index < -0.39 is 5.97 Å². The van der Waals surface area contributed by atoms with E-state index in [1.807, 2.05) is 0 Å². The number of aliphatic carboxylic acids is 1. The van der Waals surface area contributed by atoms with E-state index >= 15 is 0 Å². The third-order valence-electron chi connectivity index (χ3n) is 5.75. The molecule has 2 aromatic rings. The van der Waals surface area contributed by atoms with Crippen molar-refractivity contribution in [3.63, 3.8) is 0 Å². The van der Waals surface area contributed by atoms with Crippen LogP contribution in [0, 0.1) is 5.92 Å². The minimum absolute atomic E-state index is 0.263. The van der Waals surface area contributed by atoms with Gasteiger partial charge in [-0.15, -0.1) is 0 Å². The molecule has 2 aromatic carbocycles. The molecule has 2 rings (SSSR count). The van der Waals surface area contributed by atoms with Gasteiger partial charge in [0.25, 0.3) is 0 Å². The van der Waals surface area contributed by atoms with Gasteiger partial charge in [-0.2, -0.15) is 0 Å². The van der Waals surface area contributed by atoms with Gasteiger partial charge in [-0.3, -0.25) is 4.79 Å². The molecule has 0 saturated carbocycles. The molecule has 0 aliphatic rings. The second-order valence-electron chi connectivity index (χ2n) is 7.96. The Bertz CT molecular complexity index is 651. The Morgan fingerprint density at radius 2 is 1.43 bits per heavy atom. The van der Waals surface area contributed by atoms with Crippen molar-refractivity contribution < 1.29 is 9.90 Å². The summed E-state index contributed by atoms with van der Waals surface area (Å²) in [5.41, 5.74) is 2.67. The topological polar surface area (TPSA) is 37.3 Å². The quantitative estimate of drug-likeness (QED) is 0.351. The second-order valence-corrected chi connectivity index (χ2v) is 7.96. The highest BCUT2D eigenvalue weighted by Gasteiger charge is 2.24. The molecule has 2 unspecified atom stereocenters. The van der Waals surface area contributed by atoms with E-state index in [1.54, 1.807) is 0 Å². The summed E-state index contributed by atoms with van der Waals surface area (Å²) in [4.78, 5) is 11.3. The van der Waals surface area contributed by atoms with Crippen LogP contribution in [0.25, 0.3) is 0 Å². The third kappa shape index (κ3) is 8.29. The zero-order chi connectivity index (χ0) is 20.0. The predicted molar refractivity (Wildman–Crippen MR) is 118 cm³/mol. The Labute approximate surface area is 171 Å². The number of unbranched alkanes of at least 4 members (excludes halogenated alkanes) is 5. The van der Waals surface area contributed by atoms with Gasteiger partial charge in [0.1, 0.15) is 0 Å². The normalized spacial score (nSPS) is 13.2. The summed E-state index contributed by atoms with van der Waals surface area (Å²) in [6.07, 6.45) is 10.8. The minimum Gasteiger partial charge on any atom is -0.481 e. The lowest BCUT2D eigenvalue weighted by Gasteiger charge is -2.28. The Hall–Kier alpha value is -2.09. The van der Waals surface area contributed by atoms with Crippen molar-refractivity contribution in [2.45, 2.75) is 77.0 Å². The highest BCUT2D eigenvalue weighted by atomic mass is 16.4. The maximum atomic E-state index is 11.3. The van der Waals surface area contributed by atoms with Gasteiger partial charge >= 0.3 is 5.97 Å². The minimum atomic E-state index is -0.681. The first-order valence-corrected chi connectivity index (χ1v) is 11.0. The van der Waals surface area contributed by atoms with Crippen molar-refractivity contribution in [1.29, 1.82) is 0 Å². The largest absolute Gasteiger partial charge is 0.481 e. The van der Waals surface area contributed by atoms with Crippen LogP contribution in [0.3, 0.4) is 0 Å². The SMILES string of the molecule is CCCCCCCCC(CCC(=O)O)C(Cc1ccccc1)c1ccccc1. The molecule has 152 valence electrons. The van der Waals surface area contributed by atoms with E-state index in [-0.39, 0.29) is 6.42 Å². The van der Waals surface area contributed by atoms with E-state index in [0.717, 1.165) is 19.3 Å². The molecular weight excluding hydrogens is 344 g/mol. The van der Waals surface area contributed by atoms with Crippen molar-refractivity contribution >= 4 is 5.97 Å². The molecule has 0 heterocycles. The summed E-state index contributed by atoms with van der Waals surface area (Å²) in [6, 6.07) is 21.3. The summed E-state index contributed by atoms with van der Waals surface area (Å²) in [5.74, 6) is 0.0999. The van der Waals surface area contributed by atoms with E-state index in [0.29, 0.717) is 11.8 Å². The summed E-state index contributed by atoms with van der Waals surface area (Å²) >= 11 is 0. The molecule has 0 aliphatic heterocycles. The van der Waals surface area contributed by atoms with E-state index in [4.69, 9.17) is 0 Å². The Morgan fingerprint density at radius 1 is 0.821 bits per heavy atom. The van der Waals surface area contributed by atoms with Crippen molar-refractivity contribution in [3.8, 4) is 0 Å². The first-order valence-electron chi connectivity index (χ1n) is 11.0. The predicted octanol–water partition coefficient (Wildman–Crippen LogP) is 7.24. The lowest BCUT2D eigenvalue weighted by Crippen LogP contribution is -2.17. The van der Waals surface area contributed by atoms with Crippen LogP contribution >= 0.6 is 0 Å². The average Bonchev–Trinajstić information content (AvgIpc) is 2.72. The molecule has 2 nitrogen and oxygen atoms in total. The van der Waals surface area contributed by atoms with Gasteiger partial charge in [-0.25, -0.2) is 0 Å². The highest BCUT2D eigenvalue weighted by molar-refractivity contribution is 5.66. The van der Waals surface area contributed by atoms with Crippen molar-refractivity contribution in [3.05, 3.63) is 71.8 Å². The highest BCUT2D eigenvalue weighted by Crippen LogP contribution is 2.35. The van der Waals surface area contributed by atoms with Crippen LogP contribution in [0.2, 0.25) is 0 Å². The molecule has 2 heteroatoms. The maximum Gasteiger partial charge on any atom is 0.303 e. The third-order valence-corrected chi connectivity index (χ3v) is 5.75. The number of carbonyl (C=O) groups is 1. The molecule has 0 fully saturated rings. The number of hydrogen-bond donors (Lipinski definition) is 1. The van der Waals surface area contributed by atoms with Gasteiger partial charge in [0.15, 0.2) is 0 Å². The molecular formula is C26H36O2. The zero-order valence-electron chi connectivity index (χ0n) is 17.4. The van der Waals surface area contributed by atoms with Gasteiger partial charge in [0, 0.05) is 6.42 Å². The molecule has 0 saturated heterocycles. The number of hydrogen-bond acceptors (Lipinski definition) is 1. The standard InChI is InChI=1S/C26H36O2/c1-2-3-4-5-6-11-18-24(19-20-26(27)28)25(23-16-12-8-13-17-23)21-22-14-9-7-10-15-22/h7-10,12-17,24-25H,2-6,11,18-21H2,1H3,(H,27,28). The summed E-state index contributed by atoms with van der Waals surface area (Å²) < 4.78 is 0. The molecule has 0 aromatic heterocycles. The van der Waals surface area contributed by atoms with Crippen molar-refractivity contribution in [2.24, 2.45) is 5.92 Å². The average molecular weight is 381 g/mol. The van der Waals surface area contributed by atoms with Crippen LogP contribution < -0.4 is 0 Å². The first-order chi connectivity index (χ1) is 13.7. The molecule has 0 amide bonds. The van der Waals surface area contributed by atoms with Crippen LogP contribution in [0.4, 0.5) is 0 Å². The Balaban J connectivity index is 2.10. The smallest absolute Gasteiger partial charge is 0.303 e. The van der Waals surface area contributed by atoms with Gasteiger partial charge < -0.3 is 5.11 Å². The number of rotatable bonds is 14. The van der Waals surface area contributed by atoms with Crippen LogP contribution in [0.15, 0.2) is 60.7 Å². The summed E-state index contributed by atoms with van der Waals surface area (Å²) in [7, 11) is 0. The Kier molecular flexibility index (Phi) is 10.4. The molecule has 1 N–H and O–H groups in total.